The van der Waals surface area contributed by atoms with E-state index in [1.807, 2.05) is 18.2 Å². The number of hydrogen-bond acceptors (Lipinski definition) is 4. The SMILES string of the molecule is CCN(CC)S(=O)(=O)c1cc(NC(=O)c2ccccc2Oc2ccccc2)ccc1C. The van der Waals surface area contributed by atoms with E-state index >= 15 is 0 Å². The van der Waals surface area contributed by atoms with Crippen LogP contribution in [0.5, 0.6) is 11.5 Å². The van der Waals surface area contributed by atoms with Gasteiger partial charge in [0.25, 0.3) is 5.91 Å². The van der Waals surface area contributed by atoms with E-state index in [2.05, 4.69) is 5.32 Å². The Labute approximate surface area is 183 Å². The molecule has 31 heavy (non-hydrogen) atoms. The molecule has 1 amide bonds. The van der Waals surface area contributed by atoms with Crippen molar-refractivity contribution in [2.24, 2.45) is 0 Å². The van der Waals surface area contributed by atoms with Gasteiger partial charge in [-0.05, 0) is 48.9 Å². The summed E-state index contributed by atoms with van der Waals surface area (Å²) in [6.45, 7) is 6.08. The molecule has 3 rings (SSSR count). The predicted molar refractivity (Wildman–Crippen MR) is 122 cm³/mol. The van der Waals surface area contributed by atoms with Crippen LogP contribution in [0.4, 0.5) is 5.69 Å². The standard InChI is InChI=1S/C24H26N2O4S/c1-4-26(5-2)31(28,29)23-17-19(16-15-18(23)3)25-24(27)21-13-9-10-14-22(21)30-20-11-7-6-8-12-20/h6-17H,4-5H2,1-3H3,(H,25,27). The average Bonchev–Trinajstić information content (AvgIpc) is 2.76. The van der Waals surface area contributed by atoms with Gasteiger partial charge in [0, 0.05) is 18.8 Å². The number of ether oxygens (including phenoxy) is 1. The van der Waals surface area contributed by atoms with E-state index in [1.165, 1.54) is 10.4 Å². The first-order valence-electron chi connectivity index (χ1n) is 10.1. The number of rotatable bonds is 8. The summed E-state index contributed by atoms with van der Waals surface area (Å²) in [5.41, 5.74) is 1.37. The van der Waals surface area contributed by atoms with Crippen LogP contribution in [-0.2, 0) is 10.0 Å². The number of hydrogen-bond donors (Lipinski definition) is 1. The predicted octanol–water partition coefficient (Wildman–Crippen LogP) is 5.07. The minimum atomic E-state index is -3.65. The summed E-state index contributed by atoms with van der Waals surface area (Å²) < 4.78 is 33.2. The maximum Gasteiger partial charge on any atom is 0.259 e. The molecule has 0 aromatic heterocycles. The van der Waals surface area contributed by atoms with Crippen LogP contribution in [0.3, 0.4) is 0 Å². The zero-order valence-electron chi connectivity index (χ0n) is 17.8. The van der Waals surface area contributed by atoms with Gasteiger partial charge in [0.1, 0.15) is 11.5 Å². The first kappa shape index (κ1) is 22.5. The van der Waals surface area contributed by atoms with Gasteiger partial charge in [0.2, 0.25) is 10.0 Å². The molecule has 0 aliphatic carbocycles. The number of benzene rings is 3. The molecule has 6 nitrogen and oxygen atoms in total. The van der Waals surface area contributed by atoms with E-state index in [0.29, 0.717) is 41.4 Å². The fourth-order valence-corrected chi connectivity index (χ4v) is 4.92. The monoisotopic (exact) mass is 438 g/mol. The van der Waals surface area contributed by atoms with Crippen molar-refractivity contribution in [1.29, 1.82) is 0 Å². The van der Waals surface area contributed by atoms with Gasteiger partial charge in [-0.3, -0.25) is 4.79 Å². The Bertz CT molecular complexity index is 1160. The molecule has 0 spiro atoms. The van der Waals surface area contributed by atoms with Crippen molar-refractivity contribution < 1.29 is 17.9 Å². The Morgan fingerprint density at radius 3 is 2.26 bits per heavy atom. The molecule has 0 bridgehead atoms. The number of amides is 1. The van der Waals surface area contributed by atoms with Gasteiger partial charge in [-0.15, -0.1) is 0 Å². The summed E-state index contributed by atoms with van der Waals surface area (Å²) in [6, 6.07) is 21.0. The highest BCUT2D eigenvalue weighted by Crippen LogP contribution is 2.27. The van der Waals surface area contributed by atoms with Crippen molar-refractivity contribution in [3.8, 4) is 11.5 Å². The Kier molecular flexibility index (Phi) is 7.09. The van der Waals surface area contributed by atoms with E-state index in [0.717, 1.165) is 0 Å². The van der Waals surface area contributed by atoms with Crippen LogP contribution >= 0.6 is 0 Å². The lowest BCUT2D eigenvalue weighted by molar-refractivity contribution is 0.102. The third kappa shape index (κ3) is 5.13. The molecule has 0 unspecified atom stereocenters. The number of anilines is 1. The van der Waals surface area contributed by atoms with Crippen LogP contribution in [0, 0.1) is 6.92 Å². The molecule has 0 aliphatic rings. The smallest absolute Gasteiger partial charge is 0.259 e. The maximum atomic E-state index is 13.0. The summed E-state index contributed by atoms with van der Waals surface area (Å²) in [7, 11) is -3.65. The summed E-state index contributed by atoms with van der Waals surface area (Å²) in [6.07, 6.45) is 0. The molecule has 3 aromatic carbocycles. The molecule has 0 atom stereocenters. The first-order chi connectivity index (χ1) is 14.9. The number of sulfonamides is 1. The van der Waals surface area contributed by atoms with Crippen molar-refractivity contribution in [2.45, 2.75) is 25.7 Å². The van der Waals surface area contributed by atoms with Gasteiger partial charge >= 0.3 is 0 Å². The molecule has 0 saturated carbocycles. The molecular formula is C24H26N2O4S. The van der Waals surface area contributed by atoms with Crippen LogP contribution < -0.4 is 10.1 Å². The number of nitrogens with zero attached hydrogens (tertiary/aromatic N) is 1. The van der Waals surface area contributed by atoms with Gasteiger partial charge < -0.3 is 10.1 Å². The van der Waals surface area contributed by atoms with Crippen molar-refractivity contribution in [3.05, 3.63) is 83.9 Å². The third-order valence-corrected chi connectivity index (χ3v) is 7.06. The second-order valence-corrected chi connectivity index (χ2v) is 8.84. The lowest BCUT2D eigenvalue weighted by atomic mass is 10.1. The van der Waals surface area contributed by atoms with Gasteiger partial charge in [-0.1, -0.05) is 50.2 Å². The molecule has 0 saturated heterocycles. The lowest BCUT2D eigenvalue weighted by Crippen LogP contribution is -2.31. The van der Waals surface area contributed by atoms with Crippen molar-refractivity contribution in [1.82, 2.24) is 4.31 Å². The third-order valence-electron chi connectivity index (χ3n) is 4.87. The highest BCUT2D eigenvalue weighted by atomic mass is 32.2. The van der Waals surface area contributed by atoms with Gasteiger partial charge in [0.05, 0.1) is 10.5 Å². The molecule has 7 heteroatoms. The van der Waals surface area contributed by atoms with Gasteiger partial charge in [-0.25, -0.2) is 8.42 Å². The molecule has 0 fully saturated rings. The lowest BCUT2D eigenvalue weighted by Gasteiger charge is -2.20. The molecule has 162 valence electrons. The second kappa shape index (κ2) is 9.76. The van der Waals surface area contributed by atoms with Crippen LogP contribution in [0.25, 0.3) is 0 Å². The summed E-state index contributed by atoms with van der Waals surface area (Å²) in [5.74, 6) is 0.640. The Morgan fingerprint density at radius 1 is 0.935 bits per heavy atom. The summed E-state index contributed by atoms with van der Waals surface area (Å²) in [4.78, 5) is 13.1. The largest absolute Gasteiger partial charge is 0.457 e. The Balaban J connectivity index is 1.88. The van der Waals surface area contributed by atoms with Crippen molar-refractivity contribution in [2.75, 3.05) is 18.4 Å². The van der Waals surface area contributed by atoms with E-state index in [1.54, 1.807) is 69.3 Å². The average molecular weight is 439 g/mol. The van der Waals surface area contributed by atoms with E-state index in [-0.39, 0.29) is 10.8 Å². The molecule has 0 aliphatic heterocycles. The normalized spacial score (nSPS) is 11.4. The van der Waals surface area contributed by atoms with Crippen molar-refractivity contribution in [3.63, 3.8) is 0 Å². The van der Waals surface area contributed by atoms with Gasteiger partial charge in [-0.2, -0.15) is 4.31 Å². The molecule has 3 aromatic rings. The maximum absolute atomic E-state index is 13.0. The fraction of sp³-hybridized carbons (Fsp3) is 0.208. The minimum absolute atomic E-state index is 0.183. The molecule has 0 heterocycles. The molecular weight excluding hydrogens is 412 g/mol. The van der Waals surface area contributed by atoms with E-state index in [4.69, 9.17) is 4.74 Å². The first-order valence-corrected chi connectivity index (χ1v) is 11.5. The van der Waals surface area contributed by atoms with E-state index < -0.39 is 10.0 Å². The van der Waals surface area contributed by atoms with Crippen molar-refractivity contribution >= 4 is 21.6 Å². The Morgan fingerprint density at radius 2 is 1.58 bits per heavy atom. The highest BCUT2D eigenvalue weighted by molar-refractivity contribution is 7.89. The number of carbonyl (C=O) groups excluding carboxylic acids is 1. The van der Waals surface area contributed by atoms with Gasteiger partial charge in [0.15, 0.2) is 0 Å². The topological polar surface area (TPSA) is 75.7 Å². The summed E-state index contributed by atoms with van der Waals surface area (Å²) >= 11 is 0. The van der Waals surface area contributed by atoms with Crippen LogP contribution in [0.1, 0.15) is 29.8 Å². The van der Waals surface area contributed by atoms with E-state index in [9.17, 15) is 13.2 Å². The quantitative estimate of drug-likeness (QED) is 0.533. The minimum Gasteiger partial charge on any atom is -0.457 e. The number of aryl methyl sites for hydroxylation is 1. The summed E-state index contributed by atoms with van der Waals surface area (Å²) in [5, 5.41) is 2.80. The number of nitrogens with one attached hydrogen (secondary N) is 1. The fourth-order valence-electron chi connectivity index (χ4n) is 3.22. The highest BCUT2D eigenvalue weighted by Gasteiger charge is 2.24. The zero-order chi connectivity index (χ0) is 22.4. The van der Waals surface area contributed by atoms with Crippen LogP contribution in [0.15, 0.2) is 77.7 Å². The second-order valence-electron chi connectivity index (χ2n) is 6.94. The number of para-hydroxylation sites is 2. The molecule has 1 N–H and O–H groups in total. The zero-order valence-corrected chi connectivity index (χ0v) is 18.6. The Hall–Kier alpha value is -3.16. The van der Waals surface area contributed by atoms with Crippen LogP contribution in [0.2, 0.25) is 0 Å². The number of carbonyl (C=O) groups is 1. The molecule has 0 radical (unpaired) electrons. The van der Waals surface area contributed by atoms with Crippen LogP contribution in [-0.4, -0.2) is 31.7 Å².